The molecule has 19 heavy (non-hydrogen) atoms. The Morgan fingerprint density at radius 3 is 2.53 bits per heavy atom. The molecule has 108 valence electrons. The first-order valence-corrected chi connectivity index (χ1v) is 7.89. The van der Waals surface area contributed by atoms with Crippen LogP contribution in [0.25, 0.3) is 0 Å². The van der Waals surface area contributed by atoms with Gasteiger partial charge in [0.05, 0.1) is 0 Å². The summed E-state index contributed by atoms with van der Waals surface area (Å²) in [5.41, 5.74) is 3.38. The van der Waals surface area contributed by atoms with Crippen LogP contribution >= 0.6 is 15.9 Å². The highest BCUT2D eigenvalue weighted by molar-refractivity contribution is 9.10. The van der Waals surface area contributed by atoms with Gasteiger partial charge in [-0.2, -0.15) is 0 Å². The molecule has 0 aliphatic carbocycles. The number of hydrogen-bond donors (Lipinski definition) is 2. The molecule has 1 aromatic rings. The van der Waals surface area contributed by atoms with Crippen molar-refractivity contribution in [2.75, 3.05) is 0 Å². The van der Waals surface area contributed by atoms with Crippen molar-refractivity contribution in [2.24, 2.45) is 5.84 Å². The largest absolute Gasteiger partial charge is 0.271 e. The van der Waals surface area contributed by atoms with Gasteiger partial charge in [0.2, 0.25) is 0 Å². The van der Waals surface area contributed by atoms with Crippen molar-refractivity contribution in [3.63, 3.8) is 0 Å². The minimum absolute atomic E-state index is 0.0979. The molecular formula is C15H24BrFN2. The molecule has 0 aliphatic rings. The average Bonchev–Trinajstić information content (AvgIpc) is 2.39. The van der Waals surface area contributed by atoms with Gasteiger partial charge in [0.25, 0.3) is 0 Å². The number of unbranched alkanes of at least 4 members (excludes halogenated alkanes) is 5. The first kappa shape index (κ1) is 16.6. The summed E-state index contributed by atoms with van der Waals surface area (Å²) in [6, 6.07) is 5.03. The van der Waals surface area contributed by atoms with Crippen molar-refractivity contribution in [2.45, 2.75) is 57.9 Å². The van der Waals surface area contributed by atoms with Crippen molar-refractivity contribution in [1.82, 2.24) is 5.43 Å². The van der Waals surface area contributed by atoms with Crippen LogP contribution in [0, 0.1) is 5.82 Å². The van der Waals surface area contributed by atoms with Crippen molar-refractivity contribution in [3.05, 3.63) is 34.1 Å². The SMILES string of the molecule is CCCCCCCCC(NN)c1ccc(Br)cc1F. The van der Waals surface area contributed by atoms with E-state index in [1.807, 2.05) is 6.07 Å². The molecule has 0 bridgehead atoms. The number of rotatable bonds is 9. The van der Waals surface area contributed by atoms with Crippen LogP contribution in [0.5, 0.6) is 0 Å². The van der Waals surface area contributed by atoms with Crippen molar-refractivity contribution < 1.29 is 4.39 Å². The maximum Gasteiger partial charge on any atom is 0.129 e. The molecule has 0 aliphatic heterocycles. The van der Waals surface area contributed by atoms with Gasteiger partial charge in [-0.3, -0.25) is 11.3 Å². The van der Waals surface area contributed by atoms with Crippen LogP contribution in [0.15, 0.2) is 22.7 Å². The zero-order chi connectivity index (χ0) is 14.1. The molecule has 0 aromatic heterocycles. The van der Waals surface area contributed by atoms with E-state index in [1.165, 1.54) is 38.2 Å². The van der Waals surface area contributed by atoms with E-state index in [4.69, 9.17) is 5.84 Å². The quantitative estimate of drug-likeness (QED) is 0.386. The molecule has 3 N–H and O–H groups in total. The molecule has 0 spiro atoms. The third kappa shape index (κ3) is 6.02. The van der Waals surface area contributed by atoms with E-state index in [0.29, 0.717) is 5.56 Å². The van der Waals surface area contributed by atoms with E-state index in [0.717, 1.165) is 17.3 Å². The Bertz CT molecular complexity index is 371. The second kappa shape index (κ2) is 9.45. The Morgan fingerprint density at radius 1 is 1.21 bits per heavy atom. The van der Waals surface area contributed by atoms with E-state index < -0.39 is 0 Å². The molecule has 0 fully saturated rings. The van der Waals surface area contributed by atoms with E-state index in [-0.39, 0.29) is 11.9 Å². The van der Waals surface area contributed by atoms with Crippen LogP contribution in [-0.4, -0.2) is 0 Å². The second-order valence-corrected chi connectivity index (χ2v) is 5.86. The molecule has 0 saturated heterocycles. The molecular weight excluding hydrogens is 307 g/mol. The van der Waals surface area contributed by atoms with Gasteiger partial charge in [-0.05, 0) is 18.6 Å². The van der Waals surface area contributed by atoms with Gasteiger partial charge < -0.3 is 0 Å². The van der Waals surface area contributed by atoms with E-state index in [1.54, 1.807) is 6.07 Å². The molecule has 0 amide bonds. The standard InChI is InChI=1S/C15H24BrFN2/c1-2-3-4-5-6-7-8-15(19-18)13-10-9-12(16)11-14(13)17/h9-11,15,19H,2-8,18H2,1H3. The molecule has 1 aromatic carbocycles. The lowest BCUT2D eigenvalue weighted by atomic mass is 9.99. The molecule has 0 saturated carbocycles. The van der Waals surface area contributed by atoms with Crippen molar-refractivity contribution in [3.8, 4) is 0 Å². The zero-order valence-corrected chi connectivity index (χ0v) is 13.2. The molecule has 2 nitrogen and oxygen atoms in total. The number of hydrogen-bond acceptors (Lipinski definition) is 2. The van der Waals surface area contributed by atoms with Crippen molar-refractivity contribution >= 4 is 15.9 Å². The number of nitrogens with two attached hydrogens (primary N) is 1. The van der Waals surface area contributed by atoms with Crippen LogP contribution in [0.1, 0.15) is 63.5 Å². The molecule has 0 radical (unpaired) electrons. The summed E-state index contributed by atoms with van der Waals surface area (Å²) >= 11 is 3.26. The van der Waals surface area contributed by atoms with Gasteiger partial charge in [0.1, 0.15) is 5.82 Å². The first-order chi connectivity index (χ1) is 9.19. The van der Waals surface area contributed by atoms with Crippen molar-refractivity contribution in [1.29, 1.82) is 0 Å². The van der Waals surface area contributed by atoms with E-state index in [2.05, 4.69) is 28.3 Å². The Labute approximate surface area is 124 Å². The first-order valence-electron chi connectivity index (χ1n) is 7.10. The zero-order valence-electron chi connectivity index (χ0n) is 11.6. The fourth-order valence-corrected chi connectivity index (χ4v) is 2.57. The van der Waals surface area contributed by atoms with Crippen LogP contribution in [0.4, 0.5) is 4.39 Å². The van der Waals surface area contributed by atoms with Gasteiger partial charge in [-0.15, -0.1) is 0 Å². The average molecular weight is 331 g/mol. The summed E-state index contributed by atoms with van der Waals surface area (Å²) in [6.45, 7) is 2.21. The molecule has 4 heteroatoms. The minimum atomic E-state index is -0.205. The van der Waals surface area contributed by atoms with Gasteiger partial charge in [-0.1, -0.05) is 67.4 Å². The van der Waals surface area contributed by atoms with E-state index in [9.17, 15) is 4.39 Å². The lowest BCUT2D eigenvalue weighted by Crippen LogP contribution is -2.28. The number of hydrazine groups is 1. The number of nitrogens with one attached hydrogen (secondary N) is 1. The Balaban J connectivity index is 2.40. The Hall–Kier alpha value is -0.450. The van der Waals surface area contributed by atoms with Gasteiger partial charge >= 0.3 is 0 Å². The summed E-state index contributed by atoms with van der Waals surface area (Å²) in [4.78, 5) is 0. The predicted molar refractivity (Wildman–Crippen MR) is 82.2 cm³/mol. The normalized spacial score (nSPS) is 12.6. The Kier molecular flexibility index (Phi) is 8.26. The second-order valence-electron chi connectivity index (χ2n) is 4.94. The van der Waals surface area contributed by atoms with Crippen LogP contribution in [0.3, 0.4) is 0 Å². The third-order valence-electron chi connectivity index (χ3n) is 3.39. The molecule has 1 atom stereocenters. The van der Waals surface area contributed by atoms with Crippen LogP contribution < -0.4 is 11.3 Å². The maximum absolute atomic E-state index is 13.8. The smallest absolute Gasteiger partial charge is 0.129 e. The van der Waals surface area contributed by atoms with Crippen LogP contribution in [-0.2, 0) is 0 Å². The summed E-state index contributed by atoms with van der Waals surface area (Å²) in [7, 11) is 0. The van der Waals surface area contributed by atoms with Gasteiger partial charge in [-0.25, -0.2) is 4.39 Å². The predicted octanol–water partition coefficient (Wildman–Crippen LogP) is 4.84. The maximum atomic E-state index is 13.8. The van der Waals surface area contributed by atoms with Gasteiger partial charge in [0, 0.05) is 16.1 Å². The fraction of sp³-hybridized carbons (Fsp3) is 0.600. The highest BCUT2D eigenvalue weighted by Crippen LogP contribution is 2.24. The van der Waals surface area contributed by atoms with Crippen LogP contribution in [0.2, 0.25) is 0 Å². The van der Waals surface area contributed by atoms with Gasteiger partial charge in [0.15, 0.2) is 0 Å². The van der Waals surface area contributed by atoms with E-state index >= 15 is 0 Å². The summed E-state index contributed by atoms with van der Waals surface area (Å²) in [6.07, 6.45) is 8.26. The minimum Gasteiger partial charge on any atom is -0.271 e. The monoisotopic (exact) mass is 330 g/mol. The molecule has 1 unspecified atom stereocenters. The molecule has 0 heterocycles. The number of benzene rings is 1. The summed E-state index contributed by atoms with van der Waals surface area (Å²) < 4.78 is 14.6. The topological polar surface area (TPSA) is 38.0 Å². The lowest BCUT2D eigenvalue weighted by molar-refractivity contribution is 0.457. The number of halogens is 2. The highest BCUT2D eigenvalue weighted by Gasteiger charge is 2.14. The highest BCUT2D eigenvalue weighted by atomic mass is 79.9. The lowest BCUT2D eigenvalue weighted by Gasteiger charge is -2.17. The molecule has 1 rings (SSSR count). The Morgan fingerprint density at radius 2 is 1.89 bits per heavy atom. The summed E-state index contributed by atoms with van der Waals surface area (Å²) in [5, 5.41) is 0. The third-order valence-corrected chi connectivity index (χ3v) is 3.88. The summed E-state index contributed by atoms with van der Waals surface area (Å²) in [5.74, 6) is 5.34. The fourth-order valence-electron chi connectivity index (χ4n) is 2.24.